The Labute approximate surface area is 110 Å². The van der Waals surface area contributed by atoms with E-state index in [1.165, 1.54) is 6.07 Å². The van der Waals surface area contributed by atoms with E-state index in [1.807, 2.05) is 0 Å². The summed E-state index contributed by atoms with van der Waals surface area (Å²) in [4.78, 5) is 10.9. The first-order valence-electron chi connectivity index (χ1n) is 5.46. The monoisotopic (exact) mass is 288 g/mol. The van der Waals surface area contributed by atoms with Gasteiger partial charge < -0.3 is 5.11 Å². The molecule has 0 aromatic heterocycles. The Morgan fingerprint density at radius 3 is 2.44 bits per heavy atom. The summed E-state index contributed by atoms with van der Waals surface area (Å²) in [5, 5.41) is 9.03. The maximum atomic E-state index is 11.4. The Balaban J connectivity index is 2.39. The molecule has 2 rings (SSSR count). The van der Waals surface area contributed by atoms with Crippen LogP contribution in [0.5, 0.6) is 0 Å². The smallest absolute Gasteiger partial charge is 0.304 e. The van der Waals surface area contributed by atoms with Crippen molar-refractivity contribution in [1.29, 1.82) is 0 Å². The lowest BCUT2D eigenvalue weighted by Crippen LogP contribution is -2.13. The molecule has 0 atom stereocenters. The molecule has 98 valence electrons. The van der Waals surface area contributed by atoms with Crippen LogP contribution in [0, 0.1) is 0 Å². The molecule has 1 aliphatic carbocycles. The molecule has 1 aromatic carbocycles. The summed E-state index contributed by atoms with van der Waals surface area (Å²) in [6, 6.07) is 4.70. The van der Waals surface area contributed by atoms with Crippen molar-refractivity contribution in [3.8, 4) is 0 Å². The molecule has 0 saturated heterocycles. The molecule has 0 unspecified atom stereocenters. The number of carboxylic acids is 1. The second-order valence-corrected chi connectivity index (χ2v) is 7.16. The van der Waals surface area contributed by atoms with Gasteiger partial charge in [0.2, 0.25) is 0 Å². The number of rotatable bonds is 4. The molecule has 4 nitrogen and oxygen atoms in total. The summed E-state index contributed by atoms with van der Waals surface area (Å²) < 4.78 is 22.9. The minimum Gasteiger partial charge on any atom is -0.481 e. The highest BCUT2D eigenvalue weighted by Crippen LogP contribution is 2.51. The molecule has 0 aliphatic heterocycles. The van der Waals surface area contributed by atoms with Crippen molar-refractivity contribution in [3.05, 3.63) is 28.8 Å². The van der Waals surface area contributed by atoms with Crippen molar-refractivity contribution in [2.24, 2.45) is 0 Å². The standard InChI is InChI=1S/C12H13ClO4S/c1-18(16,17)10-3-2-8(6-9(10)13)12(4-5-12)7-11(14)15/h2-3,6H,4-5,7H2,1H3,(H,14,15). The van der Waals surface area contributed by atoms with Gasteiger partial charge in [0.1, 0.15) is 0 Å². The number of sulfone groups is 1. The Morgan fingerprint density at radius 2 is 2.06 bits per heavy atom. The van der Waals surface area contributed by atoms with E-state index in [4.69, 9.17) is 16.7 Å². The second kappa shape index (κ2) is 4.24. The molecule has 1 N–H and O–H groups in total. The lowest BCUT2D eigenvalue weighted by Gasteiger charge is -2.14. The summed E-state index contributed by atoms with van der Waals surface area (Å²) in [6.45, 7) is 0. The first kappa shape index (κ1) is 13.4. The van der Waals surface area contributed by atoms with Gasteiger partial charge in [0.15, 0.2) is 9.84 Å². The van der Waals surface area contributed by atoms with Gasteiger partial charge in [-0.25, -0.2) is 8.42 Å². The zero-order valence-corrected chi connectivity index (χ0v) is 11.4. The fourth-order valence-corrected chi connectivity index (χ4v) is 3.47. The lowest BCUT2D eigenvalue weighted by molar-refractivity contribution is -0.137. The molecule has 0 radical (unpaired) electrons. The van der Waals surface area contributed by atoms with Crippen molar-refractivity contribution in [1.82, 2.24) is 0 Å². The molecule has 0 bridgehead atoms. The van der Waals surface area contributed by atoms with Crippen LogP contribution >= 0.6 is 11.6 Å². The molecule has 0 heterocycles. The maximum Gasteiger partial charge on any atom is 0.304 e. The minimum atomic E-state index is -3.35. The first-order chi connectivity index (χ1) is 8.24. The van der Waals surface area contributed by atoms with Crippen molar-refractivity contribution < 1.29 is 18.3 Å². The predicted molar refractivity (Wildman–Crippen MR) is 67.7 cm³/mol. The van der Waals surface area contributed by atoms with Gasteiger partial charge in [0.25, 0.3) is 0 Å². The summed E-state index contributed by atoms with van der Waals surface area (Å²) in [5.41, 5.74) is 0.452. The van der Waals surface area contributed by atoms with Crippen LogP contribution in [0.15, 0.2) is 23.1 Å². The normalized spacial score (nSPS) is 17.4. The van der Waals surface area contributed by atoms with E-state index in [0.29, 0.717) is 0 Å². The van der Waals surface area contributed by atoms with E-state index >= 15 is 0 Å². The topological polar surface area (TPSA) is 71.4 Å². The Bertz CT molecular complexity index is 603. The molecule has 1 aliphatic rings. The van der Waals surface area contributed by atoms with E-state index in [9.17, 15) is 13.2 Å². The predicted octanol–water partition coefficient (Wildman–Crippen LogP) is 2.25. The molecule has 1 saturated carbocycles. The molecular weight excluding hydrogens is 276 g/mol. The van der Waals surface area contributed by atoms with Crippen molar-refractivity contribution in [2.45, 2.75) is 29.6 Å². The Morgan fingerprint density at radius 1 is 1.44 bits per heavy atom. The van der Waals surface area contributed by atoms with E-state index in [-0.39, 0.29) is 21.8 Å². The SMILES string of the molecule is CS(=O)(=O)c1ccc(C2(CC(=O)O)CC2)cc1Cl. The zero-order chi connectivity index (χ0) is 13.6. The number of hydrogen-bond donors (Lipinski definition) is 1. The van der Waals surface area contributed by atoms with Gasteiger partial charge in [-0.2, -0.15) is 0 Å². The molecule has 18 heavy (non-hydrogen) atoms. The molecular formula is C12H13ClO4S. The van der Waals surface area contributed by atoms with Crippen LogP contribution in [0.25, 0.3) is 0 Å². The fourth-order valence-electron chi connectivity index (χ4n) is 2.14. The van der Waals surface area contributed by atoms with Gasteiger partial charge >= 0.3 is 5.97 Å². The van der Waals surface area contributed by atoms with Crippen LogP contribution in [-0.4, -0.2) is 25.7 Å². The highest BCUT2D eigenvalue weighted by molar-refractivity contribution is 7.90. The van der Waals surface area contributed by atoms with Crippen molar-refractivity contribution >= 4 is 27.4 Å². The number of carboxylic acid groups (broad SMARTS) is 1. The third-order valence-electron chi connectivity index (χ3n) is 3.29. The second-order valence-electron chi connectivity index (χ2n) is 4.77. The lowest BCUT2D eigenvalue weighted by atomic mass is 9.92. The van der Waals surface area contributed by atoms with Crippen LogP contribution in [0.1, 0.15) is 24.8 Å². The molecule has 0 spiro atoms. The highest BCUT2D eigenvalue weighted by atomic mass is 35.5. The first-order valence-corrected chi connectivity index (χ1v) is 7.73. The quantitative estimate of drug-likeness (QED) is 0.922. The van der Waals surface area contributed by atoms with Crippen LogP contribution in [-0.2, 0) is 20.0 Å². The van der Waals surface area contributed by atoms with Crippen LogP contribution < -0.4 is 0 Å². The van der Waals surface area contributed by atoms with E-state index in [2.05, 4.69) is 0 Å². The van der Waals surface area contributed by atoms with Gasteiger partial charge in [0.05, 0.1) is 16.3 Å². The minimum absolute atomic E-state index is 0.0571. The zero-order valence-electron chi connectivity index (χ0n) is 9.81. The number of hydrogen-bond acceptors (Lipinski definition) is 3. The van der Waals surface area contributed by atoms with Crippen LogP contribution in [0.4, 0.5) is 0 Å². The van der Waals surface area contributed by atoms with Crippen molar-refractivity contribution in [3.63, 3.8) is 0 Å². The van der Waals surface area contributed by atoms with Gasteiger partial charge in [0, 0.05) is 11.7 Å². The van der Waals surface area contributed by atoms with Gasteiger partial charge in [-0.1, -0.05) is 17.7 Å². The summed E-state index contributed by atoms with van der Waals surface area (Å²) in [6.07, 6.45) is 2.75. The van der Waals surface area contributed by atoms with E-state index in [1.54, 1.807) is 12.1 Å². The average molecular weight is 289 g/mol. The molecule has 6 heteroatoms. The Hall–Kier alpha value is -1.07. The molecule has 1 fully saturated rings. The number of aliphatic carboxylic acids is 1. The fraction of sp³-hybridized carbons (Fsp3) is 0.417. The Kier molecular flexibility index (Phi) is 3.15. The molecule has 0 amide bonds. The van der Waals surface area contributed by atoms with Gasteiger partial charge in [-0.05, 0) is 30.5 Å². The van der Waals surface area contributed by atoms with Gasteiger partial charge in [-0.15, -0.1) is 0 Å². The summed E-state index contributed by atoms with van der Waals surface area (Å²) in [5.74, 6) is -0.851. The van der Waals surface area contributed by atoms with E-state index < -0.39 is 15.8 Å². The number of carbonyl (C=O) groups is 1. The number of benzene rings is 1. The van der Waals surface area contributed by atoms with Crippen molar-refractivity contribution in [2.75, 3.05) is 6.26 Å². The highest BCUT2D eigenvalue weighted by Gasteiger charge is 2.46. The largest absolute Gasteiger partial charge is 0.481 e. The third-order valence-corrected chi connectivity index (χ3v) is 4.87. The molecule has 1 aromatic rings. The van der Waals surface area contributed by atoms with E-state index in [0.717, 1.165) is 24.7 Å². The van der Waals surface area contributed by atoms with Crippen LogP contribution in [0.2, 0.25) is 5.02 Å². The number of halogens is 1. The van der Waals surface area contributed by atoms with Crippen LogP contribution in [0.3, 0.4) is 0 Å². The maximum absolute atomic E-state index is 11.4. The summed E-state index contributed by atoms with van der Waals surface area (Å²) >= 11 is 5.96. The third kappa shape index (κ3) is 2.52. The summed E-state index contributed by atoms with van der Waals surface area (Å²) in [7, 11) is -3.35. The van der Waals surface area contributed by atoms with Gasteiger partial charge in [-0.3, -0.25) is 4.79 Å². The average Bonchev–Trinajstić information content (AvgIpc) is 2.95.